The van der Waals surface area contributed by atoms with Crippen molar-refractivity contribution in [2.24, 2.45) is 0 Å². The predicted molar refractivity (Wildman–Crippen MR) is 87.4 cm³/mol. The molecule has 22 heavy (non-hydrogen) atoms. The lowest BCUT2D eigenvalue weighted by molar-refractivity contribution is -0.157. The van der Waals surface area contributed by atoms with Crippen molar-refractivity contribution in [3.05, 3.63) is 35.9 Å². The van der Waals surface area contributed by atoms with Crippen molar-refractivity contribution in [3.8, 4) is 0 Å². The second-order valence-corrected chi connectivity index (χ2v) is 8.57. The Morgan fingerprint density at radius 1 is 1.23 bits per heavy atom. The Labute approximate surface area is 133 Å². The number of carbonyl (C=O) groups excluding carboxylic acids is 1. The molecular formula is C16H25NO4S. The SMILES string of the molecule is CC(C)(C)OC(=O)[C@H](NCCCS(C)(=O)=O)c1ccccc1. The molecule has 0 radical (unpaired) electrons. The highest BCUT2D eigenvalue weighted by molar-refractivity contribution is 7.90. The highest BCUT2D eigenvalue weighted by atomic mass is 32.2. The minimum absolute atomic E-state index is 0.0931. The summed E-state index contributed by atoms with van der Waals surface area (Å²) >= 11 is 0. The van der Waals surface area contributed by atoms with Gasteiger partial charge >= 0.3 is 5.97 Å². The molecule has 0 amide bonds. The van der Waals surface area contributed by atoms with E-state index in [2.05, 4.69) is 5.32 Å². The van der Waals surface area contributed by atoms with Gasteiger partial charge in [0.15, 0.2) is 0 Å². The van der Waals surface area contributed by atoms with Gasteiger partial charge in [0.2, 0.25) is 0 Å². The van der Waals surface area contributed by atoms with Crippen LogP contribution in [0.4, 0.5) is 0 Å². The quantitative estimate of drug-likeness (QED) is 0.613. The summed E-state index contributed by atoms with van der Waals surface area (Å²) in [7, 11) is -2.99. The molecule has 0 aliphatic carbocycles. The number of rotatable bonds is 7. The topological polar surface area (TPSA) is 72.5 Å². The third kappa shape index (κ3) is 7.56. The first kappa shape index (κ1) is 18.6. The molecule has 124 valence electrons. The molecule has 0 heterocycles. The van der Waals surface area contributed by atoms with Gasteiger partial charge in [-0.2, -0.15) is 0 Å². The Morgan fingerprint density at radius 3 is 2.32 bits per heavy atom. The summed E-state index contributed by atoms with van der Waals surface area (Å²) in [5, 5.41) is 3.09. The Kier molecular flexibility index (Phi) is 6.56. The van der Waals surface area contributed by atoms with E-state index >= 15 is 0 Å². The summed E-state index contributed by atoms with van der Waals surface area (Å²) in [5.74, 6) is -0.270. The van der Waals surface area contributed by atoms with E-state index in [9.17, 15) is 13.2 Å². The van der Waals surface area contributed by atoms with E-state index in [1.807, 2.05) is 51.1 Å². The van der Waals surface area contributed by atoms with Crippen LogP contribution >= 0.6 is 0 Å². The van der Waals surface area contributed by atoms with Crippen LogP contribution in [0.3, 0.4) is 0 Å². The van der Waals surface area contributed by atoms with Crippen LogP contribution in [-0.2, 0) is 19.4 Å². The zero-order chi connectivity index (χ0) is 16.8. The highest BCUT2D eigenvalue weighted by Crippen LogP contribution is 2.18. The predicted octanol–water partition coefficient (Wildman–Crippen LogP) is 2.09. The fourth-order valence-electron chi connectivity index (χ4n) is 1.92. The Morgan fingerprint density at radius 2 is 1.82 bits per heavy atom. The minimum Gasteiger partial charge on any atom is -0.459 e. The maximum Gasteiger partial charge on any atom is 0.328 e. The van der Waals surface area contributed by atoms with Crippen LogP contribution in [0.1, 0.15) is 38.8 Å². The van der Waals surface area contributed by atoms with Crippen molar-refractivity contribution in [1.29, 1.82) is 0 Å². The first-order valence-corrected chi connectivity index (χ1v) is 9.33. The van der Waals surface area contributed by atoms with Gasteiger partial charge in [0.1, 0.15) is 21.5 Å². The molecule has 0 aliphatic rings. The molecule has 1 aromatic rings. The van der Waals surface area contributed by atoms with Gasteiger partial charge in [0, 0.05) is 6.26 Å². The monoisotopic (exact) mass is 327 g/mol. The fourth-order valence-corrected chi connectivity index (χ4v) is 2.59. The molecule has 1 N–H and O–H groups in total. The minimum atomic E-state index is -2.99. The lowest BCUT2D eigenvalue weighted by atomic mass is 10.1. The fraction of sp³-hybridized carbons (Fsp3) is 0.562. The molecule has 1 aromatic carbocycles. The third-order valence-electron chi connectivity index (χ3n) is 2.82. The normalized spacial score (nSPS) is 13.6. The molecule has 0 bridgehead atoms. The molecule has 0 saturated heterocycles. The molecule has 5 nitrogen and oxygen atoms in total. The van der Waals surface area contributed by atoms with Crippen molar-refractivity contribution in [3.63, 3.8) is 0 Å². The third-order valence-corrected chi connectivity index (χ3v) is 3.85. The highest BCUT2D eigenvalue weighted by Gasteiger charge is 2.26. The smallest absolute Gasteiger partial charge is 0.328 e. The molecule has 1 rings (SSSR count). The number of carbonyl (C=O) groups is 1. The summed E-state index contributed by atoms with van der Waals surface area (Å²) in [6.07, 6.45) is 1.65. The number of nitrogens with one attached hydrogen (secondary N) is 1. The largest absolute Gasteiger partial charge is 0.459 e. The van der Waals surface area contributed by atoms with Crippen LogP contribution in [0.5, 0.6) is 0 Å². The number of benzene rings is 1. The zero-order valence-corrected chi connectivity index (χ0v) is 14.4. The average molecular weight is 327 g/mol. The lowest BCUT2D eigenvalue weighted by Crippen LogP contribution is -2.35. The van der Waals surface area contributed by atoms with Gasteiger partial charge < -0.3 is 10.1 Å². The van der Waals surface area contributed by atoms with Gasteiger partial charge in [-0.15, -0.1) is 0 Å². The van der Waals surface area contributed by atoms with Crippen LogP contribution < -0.4 is 5.32 Å². The number of sulfone groups is 1. The van der Waals surface area contributed by atoms with Crippen LogP contribution in [-0.4, -0.2) is 38.5 Å². The molecule has 0 aromatic heterocycles. The van der Waals surface area contributed by atoms with Crippen molar-refractivity contribution >= 4 is 15.8 Å². The van der Waals surface area contributed by atoms with Gasteiger partial charge in [-0.05, 0) is 39.3 Å². The summed E-state index contributed by atoms with van der Waals surface area (Å²) in [6, 6.07) is 8.67. The molecular weight excluding hydrogens is 302 g/mol. The maximum absolute atomic E-state index is 12.3. The Hall–Kier alpha value is -1.40. The van der Waals surface area contributed by atoms with Gasteiger partial charge in [-0.1, -0.05) is 30.3 Å². The second kappa shape index (κ2) is 7.74. The summed E-state index contributed by atoms with van der Waals surface area (Å²) in [6.45, 7) is 5.87. The average Bonchev–Trinajstić information content (AvgIpc) is 2.36. The van der Waals surface area contributed by atoms with Crippen LogP contribution in [0.25, 0.3) is 0 Å². The molecule has 0 unspecified atom stereocenters. The van der Waals surface area contributed by atoms with Crippen molar-refractivity contribution < 1.29 is 17.9 Å². The second-order valence-electron chi connectivity index (χ2n) is 6.31. The number of esters is 1. The van der Waals surface area contributed by atoms with Crippen LogP contribution in [0.15, 0.2) is 30.3 Å². The maximum atomic E-state index is 12.3. The molecule has 0 saturated carbocycles. The van der Waals surface area contributed by atoms with Crippen LogP contribution in [0.2, 0.25) is 0 Å². The van der Waals surface area contributed by atoms with Crippen molar-refractivity contribution in [2.45, 2.75) is 38.8 Å². The van der Waals surface area contributed by atoms with Gasteiger partial charge in [-0.25, -0.2) is 13.2 Å². The van der Waals surface area contributed by atoms with Crippen molar-refractivity contribution in [2.75, 3.05) is 18.6 Å². The molecule has 6 heteroatoms. The van der Waals surface area contributed by atoms with Crippen molar-refractivity contribution in [1.82, 2.24) is 5.32 Å². The van der Waals surface area contributed by atoms with E-state index in [4.69, 9.17) is 4.74 Å². The Bertz CT molecular complexity index is 576. The number of hydrogen-bond donors (Lipinski definition) is 1. The first-order chi connectivity index (χ1) is 10.1. The first-order valence-electron chi connectivity index (χ1n) is 7.27. The number of hydrogen-bond acceptors (Lipinski definition) is 5. The molecule has 0 spiro atoms. The summed E-state index contributed by atoms with van der Waals surface area (Å²) < 4.78 is 27.7. The Balaban J connectivity index is 2.73. The van der Waals surface area contributed by atoms with E-state index in [0.717, 1.165) is 5.56 Å². The van der Waals surface area contributed by atoms with E-state index in [-0.39, 0.29) is 11.7 Å². The molecule has 0 fully saturated rings. The van der Waals surface area contributed by atoms with Crippen LogP contribution in [0, 0.1) is 0 Å². The number of ether oxygens (including phenoxy) is 1. The van der Waals surface area contributed by atoms with E-state index in [0.29, 0.717) is 13.0 Å². The lowest BCUT2D eigenvalue weighted by Gasteiger charge is -2.25. The van der Waals surface area contributed by atoms with Gasteiger partial charge in [-0.3, -0.25) is 0 Å². The van der Waals surface area contributed by atoms with Gasteiger partial charge in [0.25, 0.3) is 0 Å². The van der Waals surface area contributed by atoms with Gasteiger partial charge in [0.05, 0.1) is 5.75 Å². The zero-order valence-electron chi connectivity index (χ0n) is 13.6. The molecule has 0 aliphatic heterocycles. The van der Waals surface area contributed by atoms with E-state index in [1.165, 1.54) is 6.26 Å². The summed E-state index contributed by atoms with van der Waals surface area (Å²) in [5.41, 5.74) is 0.231. The van der Waals surface area contributed by atoms with E-state index < -0.39 is 21.5 Å². The standard InChI is InChI=1S/C16H25NO4S/c1-16(2,3)21-15(18)14(13-9-6-5-7-10-13)17-11-8-12-22(4,19)20/h5-7,9-10,14,17H,8,11-12H2,1-4H3/t14-/m1/s1. The molecule has 1 atom stereocenters. The van der Waals surface area contributed by atoms with E-state index in [1.54, 1.807) is 0 Å². The summed E-state index contributed by atoms with van der Waals surface area (Å²) in [4.78, 5) is 12.3.